The van der Waals surface area contributed by atoms with Gasteiger partial charge in [-0.1, -0.05) is 0 Å². The number of halogens is 3. The Hall–Kier alpha value is -0.980. The summed E-state index contributed by atoms with van der Waals surface area (Å²) < 4.78 is 42.1. The fourth-order valence-corrected chi connectivity index (χ4v) is 2.08. The summed E-state index contributed by atoms with van der Waals surface area (Å²) in [6.07, 6.45) is -3.41. The molecular formula is C12H21F3N2O2. The summed E-state index contributed by atoms with van der Waals surface area (Å²) >= 11 is 0. The quantitative estimate of drug-likeness (QED) is 0.865. The van der Waals surface area contributed by atoms with Crippen molar-refractivity contribution >= 4 is 6.09 Å². The summed E-state index contributed by atoms with van der Waals surface area (Å²) in [5.41, 5.74) is -0.606. The Bertz CT molecular complexity index is 313. The van der Waals surface area contributed by atoms with Gasteiger partial charge in [0.1, 0.15) is 5.60 Å². The van der Waals surface area contributed by atoms with E-state index in [9.17, 15) is 18.0 Å². The van der Waals surface area contributed by atoms with Gasteiger partial charge < -0.3 is 10.1 Å². The van der Waals surface area contributed by atoms with Crippen LogP contribution in [0.3, 0.4) is 0 Å². The predicted octanol–water partition coefficient (Wildman–Crippen LogP) is 2.54. The topological polar surface area (TPSA) is 41.6 Å². The molecule has 4 nitrogen and oxygen atoms in total. The van der Waals surface area contributed by atoms with Crippen molar-refractivity contribution in [1.29, 1.82) is 0 Å². The molecule has 1 fully saturated rings. The van der Waals surface area contributed by atoms with Crippen LogP contribution in [0.5, 0.6) is 0 Å². The van der Waals surface area contributed by atoms with Gasteiger partial charge in [0.15, 0.2) is 0 Å². The zero-order valence-electron chi connectivity index (χ0n) is 11.5. The van der Waals surface area contributed by atoms with Crippen molar-refractivity contribution < 1.29 is 22.7 Å². The minimum atomic E-state index is -4.20. The van der Waals surface area contributed by atoms with E-state index in [0.29, 0.717) is 13.0 Å². The molecule has 0 radical (unpaired) electrons. The van der Waals surface area contributed by atoms with Crippen LogP contribution in [-0.4, -0.2) is 48.4 Å². The van der Waals surface area contributed by atoms with Gasteiger partial charge in [-0.3, -0.25) is 4.90 Å². The van der Waals surface area contributed by atoms with Crippen molar-refractivity contribution in [2.75, 3.05) is 19.6 Å². The molecule has 0 aromatic heterocycles. The van der Waals surface area contributed by atoms with E-state index in [-0.39, 0.29) is 12.6 Å². The third-order valence-electron chi connectivity index (χ3n) is 2.76. The van der Waals surface area contributed by atoms with Crippen LogP contribution in [0.2, 0.25) is 0 Å². The number of ether oxygens (including phenoxy) is 1. The Labute approximate surface area is 111 Å². The maximum atomic E-state index is 12.3. The number of carbonyl (C=O) groups is 1. The Balaban J connectivity index is 2.37. The second-order valence-electron chi connectivity index (χ2n) is 5.76. The average molecular weight is 282 g/mol. The van der Waals surface area contributed by atoms with Crippen LogP contribution in [0, 0.1) is 0 Å². The van der Waals surface area contributed by atoms with E-state index in [1.54, 1.807) is 20.8 Å². The van der Waals surface area contributed by atoms with Crippen LogP contribution in [0.25, 0.3) is 0 Å². The summed E-state index contributed by atoms with van der Waals surface area (Å²) in [4.78, 5) is 12.8. The van der Waals surface area contributed by atoms with E-state index in [0.717, 1.165) is 6.42 Å². The molecular weight excluding hydrogens is 261 g/mol. The van der Waals surface area contributed by atoms with Gasteiger partial charge in [-0.15, -0.1) is 0 Å². The monoisotopic (exact) mass is 282 g/mol. The number of carbonyl (C=O) groups excluding carboxylic acids is 1. The molecule has 0 unspecified atom stereocenters. The number of amides is 1. The first-order valence-electron chi connectivity index (χ1n) is 6.34. The van der Waals surface area contributed by atoms with Gasteiger partial charge in [-0.2, -0.15) is 13.2 Å². The number of nitrogens with one attached hydrogen (secondary N) is 1. The smallest absolute Gasteiger partial charge is 0.407 e. The molecule has 0 aromatic rings. The van der Waals surface area contributed by atoms with E-state index < -0.39 is 24.4 Å². The van der Waals surface area contributed by atoms with Gasteiger partial charge in [0.25, 0.3) is 0 Å². The van der Waals surface area contributed by atoms with Crippen molar-refractivity contribution in [1.82, 2.24) is 10.2 Å². The third kappa shape index (κ3) is 6.66. The highest BCUT2D eigenvalue weighted by Gasteiger charge is 2.36. The fraction of sp³-hybridized carbons (Fsp3) is 0.917. The lowest BCUT2D eigenvalue weighted by atomic mass is 10.2. The highest BCUT2D eigenvalue weighted by Crippen LogP contribution is 2.23. The third-order valence-corrected chi connectivity index (χ3v) is 2.76. The van der Waals surface area contributed by atoms with Gasteiger partial charge >= 0.3 is 12.3 Å². The number of alkyl carbamates (subject to hydrolysis) is 1. The lowest BCUT2D eigenvalue weighted by molar-refractivity contribution is -0.147. The zero-order valence-corrected chi connectivity index (χ0v) is 11.5. The second kappa shape index (κ2) is 5.98. The lowest BCUT2D eigenvalue weighted by Crippen LogP contribution is -2.45. The zero-order chi connectivity index (χ0) is 14.7. The van der Waals surface area contributed by atoms with Gasteiger partial charge in [-0.05, 0) is 40.2 Å². The van der Waals surface area contributed by atoms with Crippen molar-refractivity contribution in [2.45, 2.75) is 51.4 Å². The molecule has 19 heavy (non-hydrogen) atoms. The maximum Gasteiger partial charge on any atom is 0.407 e. The maximum absolute atomic E-state index is 12.3. The number of hydrogen-bond acceptors (Lipinski definition) is 3. The molecule has 1 atom stereocenters. The fourth-order valence-electron chi connectivity index (χ4n) is 2.08. The number of likely N-dealkylation sites (tertiary alicyclic amines) is 1. The first-order chi connectivity index (χ1) is 8.57. The molecule has 0 spiro atoms. The van der Waals surface area contributed by atoms with Crippen molar-refractivity contribution in [3.8, 4) is 0 Å². The van der Waals surface area contributed by atoms with E-state index in [2.05, 4.69) is 5.32 Å². The Morgan fingerprint density at radius 1 is 1.37 bits per heavy atom. The van der Waals surface area contributed by atoms with E-state index in [1.807, 2.05) is 0 Å². The molecule has 0 bridgehead atoms. The minimum Gasteiger partial charge on any atom is -0.444 e. The van der Waals surface area contributed by atoms with Crippen molar-refractivity contribution in [2.24, 2.45) is 0 Å². The normalized spacial score (nSPS) is 21.5. The van der Waals surface area contributed by atoms with Gasteiger partial charge in [0.05, 0.1) is 6.54 Å². The molecule has 1 heterocycles. The molecule has 112 valence electrons. The highest BCUT2D eigenvalue weighted by molar-refractivity contribution is 5.67. The SMILES string of the molecule is CC(C)(C)OC(=O)NC[C@@H]1CCCN1CC(F)(F)F. The molecule has 1 saturated heterocycles. The number of alkyl halides is 3. The largest absolute Gasteiger partial charge is 0.444 e. The summed E-state index contributed by atoms with van der Waals surface area (Å²) in [5.74, 6) is 0. The average Bonchev–Trinajstić information content (AvgIpc) is 2.56. The molecule has 0 saturated carbocycles. The molecule has 0 aliphatic carbocycles. The van der Waals surface area contributed by atoms with Crippen molar-refractivity contribution in [3.63, 3.8) is 0 Å². The molecule has 1 rings (SSSR count). The number of hydrogen-bond donors (Lipinski definition) is 1. The van der Waals surface area contributed by atoms with Crippen molar-refractivity contribution in [3.05, 3.63) is 0 Å². The van der Waals surface area contributed by atoms with Crippen LogP contribution in [0.4, 0.5) is 18.0 Å². The van der Waals surface area contributed by atoms with Gasteiger partial charge in [-0.25, -0.2) is 4.79 Å². The number of rotatable bonds is 3. The Kier molecular flexibility index (Phi) is 5.06. The minimum absolute atomic E-state index is 0.186. The first-order valence-corrected chi connectivity index (χ1v) is 6.34. The van der Waals surface area contributed by atoms with Crippen LogP contribution in [-0.2, 0) is 4.74 Å². The predicted molar refractivity (Wildman–Crippen MR) is 64.9 cm³/mol. The second-order valence-corrected chi connectivity index (χ2v) is 5.76. The summed E-state index contributed by atoms with van der Waals surface area (Å²) in [6, 6.07) is -0.269. The molecule has 1 aliphatic rings. The summed E-state index contributed by atoms with van der Waals surface area (Å²) in [6.45, 7) is 4.88. The first kappa shape index (κ1) is 16.1. The molecule has 1 N–H and O–H groups in total. The Morgan fingerprint density at radius 3 is 2.53 bits per heavy atom. The van der Waals surface area contributed by atoms with Crippen LogP contribution in [0.15, 0.2) is 0 Å². The van der Waals surface area contributed by atoms with E-state index in [4.69, 9.17) is 4.74 Å². The van der Waals surface area contributed by atoms with E-state index in [1.165, 1.54) is 4.90 Å². The van der Waals surface area contributed by atoms with E-state index >= 15 is 0 Å². The van der Waals surface area contributed by atoms with Crippen LogP contribution < -0.4 is 5.32 Å². The summed E-state index contributed by atoms with van der Waals surface area (Å²) in [7, 11) is 0. The molecule has 1 amide bonds. The standard InChI is InChI=1S/C12H21F3N2O2/c1-11(2,3)19-10(18)16-7-9-5-4-6-17(9)8-12(13,14)15/h9H,4-8H2,1-3H3,(H,16,18)/t9-/m0/s1. The highest BCUT2D eigenvalue weighted by atomic mass is 19.4. The number of nitrogens with zero attached hydrogens (tertiary/aromatic N) is 1. The molecule has 7 heteroatoms. The molecule has 0 aromatic carbocycles. The van der Waals surface area contributed by atoms with Crippen LogP contribution in [0.1, 0.15) is 33.6 Å². The lowest BCUT2D eigenvalue weighted by Gasteiger charge is -2.26. The van der Waals surface area contributed by atoms with Gasteiger partial charge in [0.2, 0.25) is 0 Å². The van der Waals surface area contributed by atoms with Crippen LogP contribution >= 0.6 is 0 Å². The molecule has 1 aliphatic heterocycles. The summed E-state index contributed by atoms with van der Waals surface area (Å²) in [5, 5.41) is 2.53. The van der Waals surface area contributed by atoms with Gasteiger partial charge in [0, 0.05) is 12.6 Å². The Morgan fingerprint density at radius 2 is 2.00 bits per heavy atom.